The van der Waals surface area contributed by atoms with Crippen molar-refractivity contribution in [3.63, 3.8) is 0 Å². The molecule has 0 bridgehead atoms. The van der Waals surface area contributed by atoms with Crippen LogP contribution in [0.1, 0.15) is 50.6 Å². The summed E-state index contributed by atoms with van der Waals surface area (Å²) in [4.78, 5) is 23.1. The van der Waals surface area contributed by atoms with Gasteiger partial charge in [-0.05, 0) is 25.7 Å². The van der Waals surface area contributed by atoms with E-state index in [2.05, 4.69) is 15.5 Å². The third-order valence-corrected chi connectivity index (χ3v) is 3.26. The number of aryl methyl sites for hydroxylation is 2. The molecule has 0 radical (unpaired) electrons. The van der Waals surface area contributed by atoms with Crippen molar-refractivity contribution in [3.05, 3.63) is 17.0 Å². The number of amides is 1. The molecule has 6 nitrogen and oxygen atoms in total. The van der Waals surface area contributed by atoms with Crippen LogP contribution in [0.3, 0.4) is 0 Å². The lowest BCUT2D eigenvalue weighted by molar-refractivity contribution is -0.137. The monoisotopic (exact) mass is 295 g/mol. The van der Waals surface area contributed by atoms with Crippen LogP contribution in [0.5, 0.6) is 0 Å². The Bertz CT molecular complexity index is 495. The quantitative estimate of drug-likeness (QED) is 0.747. The van der Waals surface area contributed by atoms with Gasteiger partial charge in [0, 0.05) is 17.3 Å². The van der Waals surface area contributed by atoms with E-state index in [0.717, 1.165) is 17.0 Å². The third kappa shape index (κ3) is 5.97. The first-order valence-corrected chi connectivity index (χ1v) is 7.10. The molecule has 1 aromatic heterocycles. The van der Waals surface area contributed by atoms with Gasteiger partial charge in [-0.25, -0.2) is 0 Å². The standard InChI is InChI=1S/C15H25N3O3/c1-9-12(10(2)18-17-9)7-13(19)16-11(6-14(20)21)8-15(3,4)5/h11H,6-8H2,1-5H3,(H,16,19)(H,17,18)(H,20,21). The molecule has 118 valence electrons. The van der Waals surface area contributed by atoms with E-state index in [1.54, 1.807) is 0 Å². The summed E-state index contributed by atoms with van der Waals surface area (Å²) in [6.07, 6.45) is 0.773. The second-order valence-corrected chi connectivity index (χ2v) is 6.72. The van der Waals surface area contributed by atoms with Crippen LogP contribution in [0.2, 0.25) is 0 Å². The molecule has 0 aliphatic heterocycles. The topological polar surface area (TPSA) is 95.1 Å². The molecule has 6 heteroatoms. The highest BCUT2D eigenvalue weighted by molar-refractivity contribution is 5.80. The Morgan fingerprint density at radius 1 is 1.33 bits per heavy atom. The Kier molecular flexibility index (Phi) is 5.52. The molecular formula is C15H25N3O3. The minimum Gasteiger partial charge on any atom is -0.481 e. The minimum atomic E-state index is -0.903. The van der Waals surface area contributed by atoms with Crippen LogP contribution in [0.15, 0.2) is 0 Å². The van der Waals surface area contributed by atoms with E-state index in [-0.39, 0.29) is 30.2 Å². The summed E-state index contributed by atoms with van der Waals surface area (Å²) in [6, 6.07) is -0.359. The summed E-state index contributed by atoms with van der Waals surface area (Å²) in [5, 5.41) is 18.7. The third-order valence-electron chi connectivity index (χ3n) is 3.26. The molecule has 0 saturated heterocycles. The lowest BCUT2D eigenvalue weighted by Crippen LogP contribution is -2.39. The van der Waals surface area contributed by atoms with Gasteiger partial charge in [-0.15, -0.1) is 0 Å². The number of aromatic nitrogens is 2. The highest BCUT2D eigenvalue weighted by Gasteiger charge is 2.23. The van der Waals surface area contributed by atoms with Crippen molar-refractivity contribution in [3.8, 4) is 0 Å². The number of carbonyl (C=O) groups excluding carboxylic acids is 1. The Labute approximate surface area is 125 Å². The molecule has 0 fully saturated rings. The number of H-pyrrole nitrogens is 1. The predicted molar refractivity (Wildman–Crippen MR) is 80.0 cm³/mol. The number of carboxylic acid groups (broad SMARTS) is 1. The predicted octanol–water partition coefficient (Wildman–Crippen LogP) is 1.96. The van der Waals surface area contributed by atoms with Crippen molar-refractivity contribution in [1.29, 1.82) is 0 Å². The van der Waals surface area contributed by atoms with Gasteiger partial charge in [-0.1, -0.05) is 20.8 Å². The number of hydrogen-bond donors (Lipinski definition) is 3. The van der Waals surface area contributed by atoms with Gasteiger partial charge in [0.05, 0.1) is 18.5 Å². The van der Waals surface area contributed by atoms with Crippen molar-refractivity contribution in [2.45, 2.75) is 59.9 Å². The Morgan fingerprint density at radius 2 is 1.95 bits per heavy atom. The number of carbonyl (C=O) groups is 2. The zero-order valence-corrected chi connectivity index (χ0v) is 13.4. The molecule has 1 unspecified atom stereocenters. The van der Waals surface area contributed by atoms with E-state index in [1.165, 1.54) is 0 Å². The average molecular weight is 295 g/mol. The Balaban J connectivity index is 2.69. The first-order chi connectivity index (χ1) is 9.58. The van der Waals surface area contributed by atoms with Crippen LogP contribution < -0.4 is 5.32 Å². The smallest absolute Gasteiger partial charge is 0.305 e. The molecule has 1 rings (SSSR count). The molecule has 3 N–H and O–H groups in total. The zero-order valence-electron chi connectivity index (χ0n) is 13.4. The molecule has 1 amide bonds. The highest BCUT2D eigenvalue weighted by atomic mass is 16.4. The van der Waals surface area contributed by atoms with Crippen molar-refractivity contribution in [2.75, 3.05) is 0 Å². The summed E-state index contributed by atoms with van der Waals surface area (Å²) in [7, 11) is 0. The zero-order chi connectivity index (χ0) is 16.2. The van der Waals surface area contributed by atoms with Gasteiger partial charge in [-0.2, -0.15) is 5.10 Å². The number of aromatic amines is 1. The number of nitrogens with one attached hydrogen (secondary N) is 2. The van der Waals surface area contributed by atoms with Crippen molar-refractivity contribution >= 4 is 11.9 Å². The number of rotatable bonds is 6. The maximum absolute atomic E-state index is 12.1. The largest absolute Gasteiger partial charge is 0.481 e. The number of aliphatic carboxylic acids is 1. The SMILES string of the molecule is Cc1n[nH]c(C)c1CC(=O)NC(CC(=O)O)CC(C)(C)C. The molecule has 1 aromatic rings. The van der Waals surface area contributed by atoms with Crippen molar-refractivity contribution < 1.29 is 14.7 Å². The van der Waals surface area contributed by atoms with Gasteiger partial charge in [0.25, 0.3) is 0 Å². The molecule has 1 heterocycles. The van der Waals surface area contributed by atoms with Gasteiger partial charge in [0.1, 0.15) is 0 Å². The molecule has 0 spiro atoms. The van der Waals surface area contributed by atoms with E-state index in [4.69, 9.17) is 5.11 Å². The second kappa shape index (κ2) is 6.74. The normalized spacial score (nSPS) is 13.0. The van der Waals surface area contributed by atoms with Crippen molar-refractivity contribution in [2.24, 2.45) is 5.41 Å². The van der Waals surface area contributed by atoms with E-state index < -0.39 is 5.97 Å². The van der Waals surface area contributed by atoms with Gasteiger partial charge in [-0.3, -0.25) is 14.7 Å². The lowest BCUT2D eigenvalue weighted by atomic mass is 9.87. The van der Waals surface area contributed by atoms with Gasteiger partial charge in [0.15, 0.2) is 0 Å². The molecule has 0 aliphatic carbocycles. The summed E-state index contributed by atoms with van der Waals surface area (Å²) in [5.74, 6) is -1.07. The van der Waals surface area contributed by atoms with Gasteiger partial charge >= 0.3 is 5.97 Å². The van der Waals surface area contributed by atoms with E-state index in [0.29, 0.717) is 6.42 Å². The molecule has 0 saturated carbocycles. The molecule has 21 heavy (non-hydrogen) atoms. The number of nitrogens with zero attached hydrogens (tertiary/aromatic N) is 1. The molecule has 0 aliphatic rings. The van der Waals surface area contributed by atoms with Gasteiger partial charge < -0.3 is 10.4 Å². The fourth-order valence-corrected chi connectivity index (χ4v) is 2.40. The maximum Gasteiger partial charge on any atom is 0.305 e. The fraction of sp³-hybridized carbons (Fsp3) is 0.667. The van der Waals surface area contributed by atoms with Crippen LogP contribution >= 0.6 is 0 Å². The van der Waals surface area contributed by atoms with Gasteiger partial charge in [0.2, 0.25) is 5.91 Å². The van der Waals surface area contributed by atoms with Crippen LogP contribution in [0.4, 0.5) is 0 Å². The van der Waals surface area contributed by atoms with E-state index in [9.17, 15) is 9.59 Å². The molecule has 1 atom stereocenters. The minimum absolute atomic E-state index is 0.0468. The summed E-state index contributed by atoms with van der Waals surface area (Å²) >= 11 is 0. The van der Waals surface area contributed by atoms with E-state index >= 15 is 0 Å². The van der Waals surface area contributed by atoms with E-state index in [1.807, 2.05) is 34.6 Å². The molecular weight excluding hydrogens is 270 g/mol. The Morgan fingerprint density at radius 3 is 2.38 bits per heavy atom. The van der Waals surface area contributed by atoms with Crippen LogP contribution in [0, 0.1) is 19.3 Å². The summed E-state index contributed by atoms with van der Waals surface area (Å²) in [5.41, 5.74) is 2.49. The molecule has 0 aromatic carbocycles. The average Bonchev–Trinajstić information content (AvgIpc) is 2.57. The second-order valence-electron chi connectivity index (χ2n) is 6.72. The fourth-order valence-electron chi connectivity index (χ4n) is 2.40. The summed E-state index contributed by atoms with van der Waals surface area (Å²) in [6.45, 7) is 9.79. The first-order valence-electron chi connectivity index (χ1n) is 7.10. The lowest BCUT2D eigenvalue weighted by Gasteiger charge is -2.25. The Hall–Kier alpha value is -1.85. The number of carboxylic acids is 1. The first kappa shape index (κ1) is 17.2. The maximum atomic E-state index is 12.1. The highest BCUT2D eigenvalue weighted by Crippen LogP contribution is 2.22. The number of hydrogen-bond acceptors (Lipinski definition) is 3. The summed E-state index contributed by atoms with van der Waals surface area (Å²) < 4.78 is 0. The van der Waals surface area contributed by atoms with Crippen LogP contribution in [-0.4, -0.2) is 33.2 Å². The van der Waals surface area contributed by atoms with Crippen LogP contribution in [-0.2, 0) is 16.0 Å². The van der Waals surface area contributed by atoms with Crippen LogP contribution in [0.25, 0.3) is 0 Å². The van der Waals surface area contributed by atoms with Crippen molar-refractivity contribution in [1.82, 2.24) is 15.5 Å².